The summed E-state index contributed by atoms with van der Waals surface area (Å²) in [6.07, 6.45) is 0.433. The van der Waals surface area contributed by atoms with Crippen LogP contribution >= 0.6 is 35.4 Å². The molecular formula is C13H14Cl2N2OS. The summed E-state index contributed by atoms with van der Waals surface area (Å²) in [5.74, 6) is -0.261. The van der Waals surface area contributed by atoms with E-state index in [-0.39, 0.29) is 11.0 Å². The average Bonchev–Trinajstić information content (AvgIpc) is 2.79. The summed E-state index contributed by atoms with van der Waals surface area (Å²) in [5.41, 5.74) is 1.16. The number of alkyl halides is 2. The Morgan fingerprint density at radius 3 is 2.58 bits per heavy atom. The van der Waals surface area contributed by atoms with Crippen LogP contribution in [0.2, 0.25) is 0 Å². The van der Waals surface area contributed by atoms with Gasteiger partial charge in [-0.1, -0.05) is 12.1 Å². The minimum atomic E-state index is -0.990. The number of benzene rings is 1. The van der Waals surface area contributed by atoms with Crippen LogP contribution in [0, 0.1) is 12.3 Å². The molecule has 0 aromatic heterocycles. The van der Waals surface area contributed by atoms with Crippen LogP contribution in [-0.4, -0.2) is 15.4 Å². The van der Waals surface area contributed by atoms with Gasteiger partial charge in [0.1, 0.15) is 4.33 Å². The smallest absolute Gasteiger partial charge is 0.235 e. The van der Waals surface area contributed by atoms with E-state index in [0.29, 0.717) is 6.42 Å². The van der Waals surface area contributed by atoms with Crippen molar-refractivity contribution in [3.05, 3.63) is 29.8 Å². The normalized spacial score (nSPS) is 23.6. The van der Waals surface area contributed by atoms with Crippen molar-refractivity contribution in [1.29, 1.82) is 0 Å². The van der Waals surface area contributed by atoms with Crippen LogP contribution in [-0.2, 0) is 4.79 Å². The summed E-state index contributed by atoms with van der Waals surface area (Å²) in [6.45, 7) is 3.70. The molecule has 1 amide bonds. The van der Waals surface area contributed by atoms with E-state index < -0.39 is 9.75 Å². The fraction of sp³-hybridized carbons (Fsp3) is 0.385. The monoisotopic (exact) mass is 316 g/mol. The maximum absolute atomic E-state index is 12.0. The number of hydrogen-bond acceptors (Lipinski definition) is 2. The Hall–Kier alpha value is -0.840. The Balaban J connectivity index is 1.94. The zero-order valence-electron chi connectivity index (χ0n) is 10.6. The first kappa shape index (κ1) is 14.6. The van der Waals surface area contributed by atoms with Gasteiger partial charge in [0.15, 0.2) is 5.11 Å². The van der Waals surface area contributed by atoms with Crippen molar-refractivity contribution in [3.63, 3.8) is 0 Å². The number of rotatable bonds is 2. The number of hydrogen-bond donors (Lipinski definition) is 2. The number of thiocarbonyl (C=S) groups is 1. The first-order valence-corrected chi connectivity index (χ1v) is 6.98. The number of amides is 1. The molecule has 1 unspecified atom stereocenters. The van der Waals surface area contributed by atoms with Crippen LogP contribution < -0.4 is 10.6 Å². The van der Waals surface area contributed by atoms with E-state index in [2.05, 4.69) is 10.6 Å². The topological polar surface area (TPSA) is 41.1 Å². The zero-order chi connectivity index (χ0) is 14.3. The number of nitrogens with one attached hydrogen (secondary N) is 2. The van der Waals surface area contributed by atoms with Crippen molar-refractivity contribution in [1.82, 2.24) is 5.32 Å². The molecule has 1 aromatic carbocycles. The molecule has 102 valence electrons. The summed E-state index contributed by atoms with van der Waals surface area (Å²) >= 11 is 17.0. The Morgan fingerprint density at radius 2 is 2.05 bits per heavy atom. The Kier molecular flexibility index (Phi) is 3.78. The number of anilines is 1. The molecule has 1 atom stereocenters. The first-order valence-electron chi connectivity index (χ1n) is 5.81. The predicted octanol–water partition coefficient (Wildman–Crippen LogP) is 3.39. The molecule has 6 heteroatoms. The first-order chi connectivity index (χ1) is 8.74. The van der Waals surface area contributed by atoms with Gasteiger partial charge in [-0.3, -0.25) is 4.79 Å². The van der Waals surface area contributed by atoms with Crippen LogP contribution in [0.4, 0.5) is 5.69 Å². The highest BCUT2D eigenvalue weighted by molar-refractivity contribution is 7.80. The van der Waals surface area contributed by atoms with Crippen molar-refractivity contribution >= 4 is 52.1 Å². The highest BCUT2D eigenvalue weighted by atomic mass is 35.5. The molecule has 0 spiro atoms. The summed E-state index contributed by atoms with van der Waals surface area (Å²) in [7, 11) is 0. The maximum Gasteiger partial charge on any atom is 0.235 e. The second kappa shape index (κ2) is 4.93. The molecule has 1 fully saturated rings. The van der Waals surface area contributed by atoms with Crippen LogP contribution in [0.1, 0.15) is 18.9 Å². The van der Waals surface area contributed by atoms with Gasteiger partial charge in [-0.15, -0.1) is 23.2 Å². The molecule has 2 rings (SSSR count). The third-order valence-corrected chi connectivity index (χ3v) is 4.57. The zero-order valence-corrected chi connectivity index (χ0v) is 12.9. The van der Waals surface area contributed by atoms with Crippen molar-refractivity contribution in [2.75, 3.05) is 5.32 Å². The Morgan fingerprint density at radius 1 is 1.42 bits per heavy atom. The number of carbonyl (C=O) groups is 1. The van der Waals surface area contributed by atoms with Gasteiger partial charge in [-0.2, -0.15) is 0 Å². The fourth-order valence-corrected chi connectivity index (χ4v) is 2.69. The van der Waals surface area contributed by atoms with Crippen LogP contribution in [0.3, 0.4) is 0 Å². The van der Waals surface area contributed by atoms with E-state index in [1.54, 1.807) is 6.92 Å². The highest BCUT2D eigenvalue weighted by Gasteiger charge is 2.68. The standard InChI is InChI=1S/C13H14Cl2N2OS/c1-8-4-3-5-9(6-8)16-11(19)17-10(18)12(2)7-13(12,14)15/h3-6H,7H2,1-2H3,(H2,16,17,18,19). The van der Waals surface area contributed by atoms with Gasteiger partial charge >= 0.3 is 0 Å². The predicted molar refractivity (Wildman–Crippen MR) is 82.7 cm³/mol. The van der Waals surface area contributed by atoms with Crippen molar-refractivity contribution in [3.8, 4) is 0 Å². The van der Waals surface area contributed by atoms with E-state index in [4.69, 9.17) is 35.4 Å². The van der Waals surface area contributed by atoms with Crippen molar-refractivity contribution < 1.29 is 4.79 Å². The summed E-state index contributed by atoms with van der Waals surface area (Å²) < 4.78 is -0.990. The van der Waals surface area contributed by atoms with Gasteiger partial charge in [0.25, 0.3) is 0 Å². The SMILES string of the molecule is Cc1cccc(NC(=S)NC(=O)C2(C)CC2(Cl)Cl)c1. The molecule has 3 nitrogen and oxygen atoms in total. The molecular weight excluding hydrogens is 303 g/mol. The third-order valence-electron chi connectivity index (χ3n) is 3.26. The molecule has 0 aliphatic heterocycles. The van der Waals surface area contributed by atoms with Gasteiger partial charge in [0, 0.05) is 5.69 Å². The summed E-state index contributed by atoms with van der Waals surface area (Å²) in [4.78, 5) is 12.0. The van der Waals surface area contributed by atoms with Crippen molar-refractivity contribution in [2.45, 2.75) is 24.6 Å². The highest BCUT2D eigenvalue weighted by Crippen LogP contribution is 2.63. The fourth-order valence-electron chi connectivity index (χ4n) is 1.77. The molecule has 0 heterocycles. The lowest BCUT2D eigenvalue weighted by molar-refractivity contribution is -0.124. The molecule has 0 radical (unpaired) electrons. The van der Waals surface area contributed by atoms with Gasteiger partial charge in [-0.05, 0) is 50.2 Å². The molecule has 0 saturated heterocycles. The molecule has 1 aliphatic rings. The summed E-state index contributed by atoms with van der Waals surface area (Å²) in [6, 6.07) is 7.70. The van der Waals surface area contributed by atoms with Crippen LogP contribution in [0.5, 0.6) is 0 Å². The molecule has 1 aliphatic carbocycles. The molecule has 19 heavy (non-hydrogen) atoms. The average molecular weight is 317 g/mol. The molecule has 2 N–H and O–H groups in total. The second-order valence-corrected chi connectivity index (χ2v) is 6.88. The lowest BCUT2D eigenvalue weighted by Crippen LogP contribution is -2.40. The summed E-state index contributed by atoms with van der Waals surface area (Å²) in [5, 5.41) is 5.82. The molecule has 0 bridgehead atoms. The number of carbonyl (C=O) groups excluding carboxylic acids is 1. The van der Waals surface area contributed by atoms with E-state index in [9.17, 15) is 4.79 Å². The van der Waals surface area contributed by atoms with Gasteiger partial charge in [-0.25, -0.2) is 0 Å². The van der Waals surface area contributed by atoms with E-state index in [1.807, 2.05) is 31.2 Å². The minimum absolute atomic E-state index is 0.243. The quantitative estimate of drug-likeness (QED) is 0.649. The minimum Gasteiger partial charge on any atom is -0.332 e. The number of aryl methyl sites for hydroxylation is 1. The van der Waals surface area contributed by atoms with Crippen LogP contribution in [0.15, 0.2) is 24.3 Å². The second-order valence-electron chi connectivity index (χ2n) is 4.99. The lowest BCUT2D eigenvalue weighted by Gasteiger charge is -2.14. The van der Waals surface area contributed by atoms with Crippen molar-refractivity contribution in [2.24, 2.45) is 5.41 Å². The molecule has 1 aromatic rings. The van der Waals surface area contributed by atoms with Gasteiger partial charge in [0.05, 0.1) is 5.41 Å². The third kappa shape index (κ3) is 3.02. The maximum atomic E-state index is 12.0. The van der Waals surface area contributed by atoms with E-state index >= 15 is 0 Å². The van der Waals surface area contributed by atoms with E-state index in [1.165, 1.54) is 0 Å². The van der Waals surface area contributed by atoms with Crippen LogP contribution in [0.25, 0.3) is 0 Å². The largest absolute Gasteiger partial charge is 0.332 e. The lowest BCUT2D eigenvalue weighted by atomic mass is 10.1. The molecule has 1 saturated carbocycles. The van der Waals surface area contributed by atoms with Gasteiger partial charge in [0.2, 0.25) is 5.91 Å². The Labute approximate surface area is 127 Å². The van der Waals surface area contributed by atoms with Gasteiger partial charge < -0.3 is 10.6 Å². The Bertz CT molecular complexity index is 547. The van der Waals surface area contributed by atoms with E-state index in [0.717, 1.165) is 11.3 Å². The number of halogens is 2.